The minimum atomic E-state index is -1.04. The molecule has 0 aromatic rings. The molecule has 7 heteroatoms. The van der Waals surface area contributed by atoms with Crippen LogP contribution in [0.5, 0.6) is 0 Å². The van der Waals surface area contributed by atoms with Crippen LogP contribution in [-0.4, -0.2) is 66.5 Å². The van der Waals surface area contributed by atoms with Crippen molar-refractivity contribution in [3.05, 3.63) is 11.8 Å². The second kappa shape index (κ2) is 13.0. The predicted octanol–water partition coefficient (Wildman–Crippen LogP) is 5.47. The number of carbonyl (C=O) groups is 3. The third kappa shape index (κ3) is 6.13. The molecule has 214 valence electrons. The summed E-state index contributed by atoms with van der Waals surface area (Å²) in [6, 6.07) is 0. The monoisotopic (exact) mass is 530 g/mol. The largest absolute Gasteiger partial charge is 0.468 e. The minimum Gasteiger partial charge on any atom is -0.468 e. The molecule has 4 atom stereocenters. The first-order valence-corrected chi connectivity index (χ1v) is 15.4. The normalized spacial score (nSPS) is 29.8. The topological polar surface area (TPSA) is 76.2 Å². The van der Waals surface area contributed by atoms with Crippen molar-refractivity contribution in [2.24, 2.45) is 23.2 Å². The van der Waals surface area contributed by atoms with Crippen molar-refractivity contribution in [3.8, 4) is 0 Å². The molecule has 38 heavy (non-hydrogen) atoms. The van der Waals surface area contributed by atoms with Crippen molar-refractivity contribution in [1.29, 1.82) is 0 Å². The second-order valence-corrected chi connectivity index (χ2v) is 12.4. The number of rotatable bonds is 12. The van der Waals surface area contributed by atoms with E-state index in [1.54, 1.807) is 0 Å². The average molecular weight is 531 g/mol. The van der Waals surface area contributed by atoms with E-state index < -0.39 is 11.3 Å². The summed E-state index contributed by atoms with van der Waals surface area (Å²) in [5.74, 6) is -0.325. The van der Waals surface area contributed by atoms with Gasteiger partial charge in [0.1, 0.15) is 5.41 Å². The molecule has 4 aliphatic rings. The van der Waals surface area contributed by atoms with Crippen LogP contribution in [0.25, 0.3) is 0 Å². The van der Waals surface area contributed by atoms with Gasteiger partial charge in [-0.25, -0.2) is 0 Å². The zero-order valence-electron chi connectivity index (χ0n) is 24.2. The van der Waals surface area contributed by atoms with Crippen molar-refractivity contribution < 1.29 is 23.9 Å². The first-order valence-electron chi connectivity index (χ1n) is 15.4. The van der Waals surface area contributed by atoms with Gasteiger partial charge in [0.25, 0.3) is 0 Å². The summed E-state index contributed by atoms with van der Waals surface area (Å²) in [6.45, 7) is 8.56. The van der Waals surface area contributed by atoms with Crippen LogP contribution in [0, 0.1) is 23.2 Å². The molecule has 1 saturated carbocycles. The van der Waals surface area contributed by atoms with Gasteiger partial charge in [-0.05, 0) is 62.9 Å². The van der Waals surface area contributed by atoms with Crippen molar-refractivity contribution in [3.63, 3.8) is 0 Å². The Labute approximate surface area is 229 Å². The van der Waals surface area contributed by atoms with Gasteiger partial charge in [-0.2, -0.15) is 0 Å². The van der Waals surface area contributed by atoms with Gasteiger partial charge in [-0.15, -0.1) is 0 Å². The van der Waals surface area contributed by atoms with E-state index in [0.717, 1.165) is 70.2 Å². The molecule has 3 heterocycles. The molecular weight excluding hydrogens is 480 g/mol. The molecule has 2 saturated heterocycles. The molecule has 1 aliphatic carbocycles. The molecule has 0 spiro atoms. The summed E-state index contributed by atoms with van der Waals surface area (Å²) in [5, 5.41) is 0. The van der Waals surface area contributed by atoms with Crippen LogP contribution in [-0.2, 0) is 23.9 Å². The van der Waals surface area contributed by atoms with E-state index in [4.69, 9.17) is 9.47 Å². The number of nitrogens with zero attached hydrogens (tertiary/aromatic N) is 2. The summed E-state index contributed by atoms with van der Waals surface area (Å²) >= 11 is 0. The summed E-state index contributed by atoms with van der Waals surface area (Å²) in [7, 11) is 1.44. The molecule has 4 rings (SSSR count). The van der Waals surface area contributed by atoms with E-state index >= 15 is 0 Å². The highest BCUT2D eigenvalue weighted by atomic mass is 16.5. The Hall–Kier alpha value is -1.89. The van der Waals surface area contributed by atoms with Crippen molar-refractivity contribution in [2.45, 2.75) is 116 Å². The van der Waals surface area contributed by atoms with Gasteiger partial charge in [0.15, 0.2) is 0 Å². The molecule has 2 amide bonds. The highest BCUT2D eigenvalue weighted by molar-refractivity contribution is 5.92. The zero-order valence-corrected chi connectivity index (χ0v) is 24.2. The van der Waals surface area contributed by atoms with Gasteiger partial charge in [-0.3, -0.25) is 14.4 Å². The number of hydrogen-bond donors (Lipinski definition) is 0. The van der Waals surface area contributed by atoms with Crippen LogP contribution in [0.1, 0.15) is 104 Å². The maximum absolute atomic E-state index is 14.1. The van der Waals surface area contributed by atoms with Crippen molar-refractivity contribution >= 4 is 17.8 Å². The Bertz CT molecular complexity index is 875. The number of methoxy groups -OCH3 is 1. The molecule has 0 radical (unpaired) electrons. The van der Waals surface area contributed by atoms with Crippen molar-refractivity contribution in [2.75, 3.05) is 26.7 Å². The number of unbranched alkanes of at least 4 members (excludes halogenated alkanes) is 5. The van der Waals surface area contributed by atoms with Gasteiger partial charge in [-0.1, -0.05) is 52.9 Å². The van der Waals surface area contributed by atoms with E-state index in [0.29, 0.717) is 13.0 Å². The summed E-state index contributed by atoms with van der Waals surface area (Å²) in [6.07, 6.45) is 14.0. The van der Waals surface area contributed by atoms with Crippen LogP contribution in [0.15, 0.2) is 11.8 Å². The second-order valence-electron chi connectivity index (χ2n) is 12.4. The molecule has 0 unspecified atom stereocenters. The minimum absolute atomic E-state index is 0.00588. The summed E-state index contributed by atoms with van der Waals surface area (Å²) in [4.78, 5) is 45.0. The van der Waals surface area contributed by atoms with Gasteiger partial charge in [0, 0.05) is 37.7 Å². The van der Waals surface area contributed by atoms with Gasteiger partial charge in [0.05, 0.1) is 19.3 Å². The predicted molar refractivity (Wildman–Crippen MR) is 147 cm³/mol. The lowest BCUT2D eigenvalue weighted by Gasteiger charge is -2.53. The fourth-order valence-electron chi connectivity index (χ4n) is 6.81. The summed E-state index contributed by atoms with van der Waals surface area (Å²) < 4.78 is 12.2. The quantitative estimate of drug-likeness (QED) is 0.247. The molecule has 0 N–H and O–H groups in total. The Morgan fingerprint density at radius 2 is 1.76 bits per heavy atom. The number of fused-ring (bicyclic) bond motifs is 1. The van der Waals surface area contributed by atoms with Gasteiger partial charge >= 0.3 is 5.97 Å². The lowest BCUT2D eigenvalue weighted by atomic mass is 9.64. The maximum Gasteiger partial charge on any atom is 0.320 e. The number of likely N-dealkylation sites (tertiary alicyclic amines) is 2. The number of piperidine rings is 2. The zero-order chi connectivity index (χ0) is 27.3. The highest BCUT2D eigenvalue weighted by Crippen LogP contribution is 2.56. The molecule has 3 aliphatic heterocycles. The first kappa shape index (κ1) is 29.1. The van der Waals surface area contributed by atoms with E-state index in [1.165, 1.54) is 26.4 Å². The van der Waals surface area contributed by atoms with Crippen LogP contribution >= 0.6 is 0 Å². The van der Waals surface area contributed by atoms with Crippen LogP contribution in [0.4, 0.5) is 0 Å². The van der Waals surface area contributed by atoms with Gasteiger partial charge in [0.2, 0.25) is 11.8 Å². The lowest BCUT2D eigenvalue weighted by molar-refractivity contribution is -0.182. The van der Waals surface area contributed by atoms with E-state index in [2.05, 4.69) is 20.8 Å². The third-order valence-electron chi connectivity index (χ3n) is 9.17. The number of carbonyl (C=O) groups excluding carboxylic acids is 3. The molecule has 0 aromatic heterocycles. The van der Waals surface area contributed by atoms with Crippen LogP contribution < -0.4 is 0 Å². The third-order valence-corrected chi connectivity index (χ3v) is 9.17. The molecule has 3 fully saturated rings. The SMILES string of the molecule is CCCCCCCCN1C(=O)[C@@H](CC(=O)N2CCCCC2)C[C@@]2(C(=O)OC)C1=C[C@H](C(C)C)O[C@@H]2C1CC1. The molecule has 0 bridgehead atoms. The Morgan fingerprint density at radius 1 is 1.08 bits per heavy atom. The van der Waals surface area contributed by atoms with Crippen molar-refractivity contribution in [1.82, 2.24) is 9.80 Å². The summed E-state index contributed by atoms with van der Waals surface area (Å²) in [5.41, 5.74) is -0.254. The number of hydrogen-bond acceptors (Lipinski definition) is 5. The van der Waals surface area contributed by atoms with E-state index in [9.17, 15) is 14.4 Å². The Morgan fingerprint density at radius 3 is 2.39 bits per heavy atom. The van der Waals surface area contributed by atoms with Crippen LogP contribution in [0.2, 0.25) is 0 Å². The highest BCUT2D eigenvalue weighted by Gasteiger charge is 2.63. The Kier molecular flexibility index (Phi) is 9.94. The lowest BCUT2D eigenvalue weighted by Crippen LogP contribution is -2.62. The van der Waals surface area contributed by atoms with E-state index in [1.807, 2.05) is 15.9 Å². The standard InChI is InChI=1S/C31H50N2O5/c1-5-6-7-8-9-13-18-33-26-20-25(22(2)3)38-28(23-14-15-23)31(26,30(36)37-4)21-24(29(33)35)19-27(34)32-16-11-10-12-17-32/h20,22-25,28H,5-19,21H2,1-4H3/t24-,25+,28+,31+/m0/s1. The van der Waals surface area contributed by atoms with Crippen LogP contribution in [0.3, 0.4) is 0 Å². The van der Waals surface area contributed by atoms with Gasteiger partial charge < -0.3 is 19.3 Å². The number of amides is 2. The fraction of sp³-hybridized carbons (Fsp3) is 0.839. The molecule has 7 nitrogen and oxygen atoms in total. The maximum atomic E-state index is 14.1. The van der Waals surface area contributed by atoms with E-state index in [-0.39, 0.29) is 48.2 Å². The fourth-order valence-corrected chi connectivity index (χ4v) is 6.81. The molecular formula is C31H50N2O5. The smallest absolute Gasteiger partial charge is 0.320 e. The molecule has 0 aromatic carbocycles. The average Bonchev–Trinajstić information content (AvgIpc) is 3.77. The first-order chi connectivity index (χ1) is 18.3. The number of esters is 1. The number of ether oxygens (including phenoxy) is 2. The Balaban J connectivity index is 1.66.